The number of hydrogen-bond donors (Lipinski definition) is 1. The van der Waals surface area contributed by atoms with Crippen molar-refractivity contribution in [3.05, 3.63) is 36.0 Å². The number of nitrogens with one attached hydrogen (secondary N) is 1. The fourth-order valence-corrected chi connectivity index (χ4v) is 1.95. The highest BCUT2D eigenvalue weighted by atomic mass is 16.5. The van der Waals surface area contributed by atoms with Crippen LogP contribution in [-0.4, -0.2) is 31.1 Å². The molecule has 4 nitrogen and oxygen atoms in total. The monoisotopic (exact) mass is 276 g/mol. The lowest BCUT2D eigenvalue weighted by Gasteiger charge is -2.20. The maximum absolute atomic E-state index is 12.0. The Morgan fingerprint density at radius 1 is 1.25 bits per heavy atom. The van der Waals surface area contributed by atoms with Crippen molar-refractivity contribution in [1.29, 1.82) is 0 Å². The van der Waals surface area contributed by atoms with Crippen LogP contribution in [0.3, 0.4) is 0 Å². The van der Waals surface area contributed by atoms with E-state index >= 15 is 0 Å². The number of ether oxygens (including phenoxy) is 1. The standard InChI is InChI=1S/C16H24N2O2/c1-4-12-18(13-5-2)16(19)17-11-10-14-8-6-7-9-15(14)20-3/h6-11H,4-5,12-13H2,1-3H3,(H,17,19)/b11-10+. The molecule has 110 valence electrons. The van der Waals surface area contributed by atoms with Gasteiger partial charge in [-0.3, -0.25) is 0 Å². The number of para-hydroxylation sites is 1. The number of methoxy groups -OCH3 is 1. The molecule has 0 aromatic heterocycles. The van der Waals surface area contributed by atoms with E-state index in [-0.39, 0.29) is 6.03 Å². The molecule has 1 aromatic rings. The molecule has 2 amide bonds. The molecular weight excluding hydrogens is 252 g/mol. The molecule has 4 heteroatoms. The number of urea groups is 1. The first kappa shape index (κ1) is 16.1. The lowest BCUT2D eigenvalue weighted by molar-refractivity contribution is 0.201. The van der Waals surface area contributed by atoms with Crippen LogP contribution in [0, 0.1) is 0 Å². The van der Waals surface area contributed by atoms with Crippen LogP contribution < -0.4 is 10.1 Å². The molecule has 0 aliphatic rings. The van der Waals surface area contributed by atoms with E-state index in [0.29, 0.717) is 0 Å². The van der Waals surface area contributed by atoms with Crippen LogP contribution in [0.25, 0.3) is 6.08 Å². The number of rotatable bonds is 7. The van der Waals surface area contributed by atoms with Gasteiger partial charge in [0.2, 0.25) is 0 Å². The molecular formula is C16H24N2O2. The maximum atomic E-state index is 12.0. The maximum Gasteiger partial charge on any atom is 0.321 e. The second-order valence-corrected chi connectivity index (χ2v) is 4.51. The van der Waals surface area contributed by atoms with Gasteiger partial charge in [0, 0.05) is 24.9 Å². The third kappa shape index (κ3) is 4.96. The molecule has 0 fully saturated rings. The van der Waals surface area contributed by atoms with Crippen LogP contribution in [-0.2, 0) is 0 Å². The zero-order valence-electron chi connectivity index (χ0n) is 12.6. The zero-order valence-corrected chi connectivity index (χ0v) is 12.6. The Kier molecular flexibility index (Phi) is 7.25. The van der Waals surface area contributed by atoms with E-state index in [4.69, 9.17) is 4.74 Å². The van der Waals surface area contributed by atoms with Crippen molar-refractivity contribution < 1.29 is 9.53 Å². The molecule has 0 unspecified atom stereocenters. The SMILES string of the molecule is CCCN(CCC)C(=O)N/C=C/c1ccccc1OC. The van der Waals surface area contributed by atoms with Gasteiger partial charge in [0.1, 0.15) is 5.75 Å². The largest absolute Gasteiger partial charge is 0.496 e. The number of carbonyl (C=O) groups excluding carboxylic acids is 1. The molecule has 0 saturated carbocycles. The molecule has 0 aliphatic carbocycles. The van der Waals surface area contributed by atoms with Gasteiger partial charge in [-0.2, -0.15) is 0 Å². The molecule has 1 rings (SSSR count). The number of hydrogen-bond acceptors (Lipinski definition) is 2. The van der Waals surface area contributed by atoms with Gasteiger partial charge in [-0.1, -0.05) is 32.0 Å². The summed E-state index contributed by atoms with van der Waals surface area (Å²) in [7, 11) is 1.63. The van der Waals surface area contributed by atoms with Crippen LogP contribution in [0.1, 0.15) is 32.3 Å². The lowest BCUT2D eigenvalue weighted by atomic mass is 10.2. The fourth-order valence-electron chi connectivity index (χ4n) is 1.95. The number of nitrogens with zero attached hydrogens (tertiary/aromatic N) is 1. The van der Waals surface area contributed by atoms with Crippen LogP contribution in [0.4, 0.5) is 4.79 Å². The average Bonchev–Trinajstić information content (AvgIpc) is 2.47. The summed E-state index contributed by atoms with van der Waals surface area (Å²) >= 11 is 0. The Labute approximate surface area is 121 Å². The highest BCUT2D eigenvalue weighted by Crippen LogP contribution is 2.18. The van der Waals surface area contributed by atoms with Crippen LogP contribution >= 0.6 is 0 Å². The Bertz CT molecular complexity index is 438. The van der Waals surface area contributed by atoms with Crippen molar-refractivity contribution in [2.75, 3.05) is 20.2 Å². The molecule has 0 spiro atoms. The van der Waals surface area contributed by atoms with Gasteiger partial charge < -0.3 is 15.0 Å². The number of benzene rings is 1. The van der Waals surface area contributed by atoms with Crippen LogP contribution in [0.2, 0.25) is 0 Å². The summed E-state index contributed by atoms with van der Waals surface area (Å²) in [5, 5.41) is 2.80. The van der Waals surface area contributed by atoms with E-state index in [1.165, 1.54) is 0 Å². The van der Waals surface area contributed by atoms with Crippen molar-refractivity contribution >= 4 is 12.1 Å². The lowest BCUT2D eigenvalue weighted by Crippen LogP contribution is -2.38. The van der Waals surface area contributed by atoms with Crippen LogP contribution in [0.5, 0.6) is 5.75 Å². The minimum Gasteiger partial charge on any atom is -0.496 e. The summed E-state index contributed by atoms with van der Waals surface area (Å²) in [6.45, 7) is 5.70. The summed E-state index contributed by atoms with van der Waals surface area (Å²) in [6, 6.07) is 7.63. The van der Waals surface area contributed by atoms with E-state index in [1.54, 1.807) is 13.3 Å². The van der Waals surface area contributed by atoms with Gasteiger partial charge in [0.25, 0.3) is 0 Å². The number of amides is 2. The molecule has 0 bridgehead atoms. The molecule has 0 radical (unpaired) electrons. The summed E-state index contributed by atoms with van der Waals surface area (Å²) in [6.07, 6.45) is 5.43. The molecule has 0 atom stereocenters. The van der Waals surface area contributed by atoms with Gasteiger partial charge in [-0.05, 0) is 25.0 Å². The number of carbonyl (C=O) groups is 1. The Hall–Kier alpha value is -1.97. The first-order valence-corrected chi connectivity index (χ1v) is 7.07. The average molecular weight is 276 g/mol. The van der Waals surface area contributed by atoms with Gasteiger partial charge in [0.05, 0.1) is 7.11 Å². The minimum absolute atomic E-state index is 0.0557. The molecule has 20 heavy (non-hydrogen) atoms. The fraction of sp³-hybridized carbons (Fsp3) is 0.438. The molecule has 0 saturated heterocycles. The quantitative estimate of drug-likeness (QED) is 0.828. The predicted octanol–water partition coefficient (Wildman–Crippen LogP) is 3.50. The van der Waals surface area contributed by atoms with Gasteiger partial charge in [-0.25, -0.2) is 4.79 Å². The Balaban J connectivity index is 2.60. The molecule has 0 aliphatic heterocycles. The molecule has 1 aromatic carbocycles. The van der Waals surface area contributed by atoms with Crippen molar-refractivity contribution in [3.63, 3.8) is 0 Å². The van der Waals surface area contributed by atoms with Gasteiger partial charge in [0.15, 0.2) is 0 Å². The van der Waals surface area contributed by atoms with Crippen molar-refractivity contribution in [1.82, 2.24) is 10.2 Å². The van der Waals surface area contributed by atoms with E-state index in [1.807, 2.05) is 35.2 Å². The summed E-state index contributed by atoms with van der Waals surface area (Å²) in [4.78, 5) is 13.8. The smallest absolute Gasteiger partial charge is 0.321 e. The first-order chi connectivity index (χ1) is 9.72. The highest BCUT2D eigenvalue weighted by Gasteiger charge is 2.09. The molecule has 1 N–H and O–H groups in total. The van der Waals surface area contributed by atoms with E-state index in [0.717, 1.165) is 37.2 Å². The summed E-state index contributed by atoms with van der Waals surface area (Å²) in [5.41, 5.74) is 0.938. The van der Waals surface area contributed by atoms with Crippen molar-refractivity contribution in [3.8, 4) is 5.75 Å². The Morgan fingerprint density at radius 2 is 1.90 bits per heavy atom. The second kappa shape index (κ2) is 9.02. The predicted molar refractivity (Wildman–Crippen MR) is 82.7 cm³/mol. The first-order valence-electron chi connectivity index (χ1n) is 7.07. The zero-order chi connectivity index (χ0) is 14.8. The van der Waals surface area contributed by atoms with Crippen molar-refractivity contribution in [2.45, 2.75) is 26.7 Å². The second-order valence-electron chi connectivity index (χ2n) is 4.51. The topological polar surface area (TPSA) is 41.6 Å². The van der Waals surface area contributed by atoms with E-state index < -0.39 is 0 Å². The van der Waals surface area contributed by atoms with E-state index in [9.17, 15) is 4.79 Å². The third-order valence-electron chi connectivity index (χ3n) is 2.88. The van der Waals surface area contributed by atoms with Crippen LogP contribution in [0.15, 0.2) is 30.5 Å². The summed E-state index contributed by atoms with van der Waals surface area (Å²) < 4.78 is 5.25. The molecule has 0 heterocycles. The van der Waals surface area contributed by atoms with Gasteiger partial charge in [-0.15, -0.1) is 0 Å². The third-order valence-corrected chi connectivity index (χ3v) is 2.88. The normalized spacial score (nSPS) is 10.6. The summed E-state index contributed by atoms with van der Waals surface area (Å²) in [5.74, 6) is 0.789. The highest BCUT2D eigenvalue weighted by molar-refractivity contribution is 5.76. The Morgan fingerprint density at radius 3 is 2.50 bits per heavy atom. The van der Waals surface area contributed by atoms with Gasteiger partial charge >= 0.3 is 6.03 Å². The van der Waals surface area contributed by atoms with E-state index in [2.05, 4.69) is 19.2 Å². The van der Waals surface area contributed by atoms with Crippen molar-refractivity contribution in [2.24, 2.45) is 0 Å². The minimum atomic E-state index is -0.0557.